The van der Waals surface area contributed by atoms with Crippen molar-refractivity contribution in [1.82, 2.24) is 5.32 Å². The summed E-state index contributed by atoms with van der Waals surface area (Å²) in [5, 5.41) is 4.08. The highest BCUT2D eigenvalue weighted by Gasteiger charge is 2.12. The van der Waals surface area contributed by atoms with Crippen LogP contribution in [0.3, 0.4) is 0 Å². The maximum absolute atomic E-state index is 12.3. The highest BCUT2D eigenvalue weighted by molar-refractivity contribution is 6.35. The van der Waals surface area contributed by atoms with Gasteiger partial charge in [-0.15, -0.1) is 0 Å². The van der Waals surface area contributed by atoms with E-state index >= 15 is 0 Å². The molecule has 1 atom stereocenters. The van der Waals surface area contributed by atoms with Crippen molar-refractivity contribution in [3.8, 4) is 5.75 Å². The molecule has 2 aromatic carbocycles. The predicted octanol–water partition coefficient (Wildman–Crippen LogP) is 5.59. The Morgan fingerprint density at radius 2 is 2.00 bits per heavy atom. The van der Waals surface area contributed by atoms with Gasteiger partial charge in [-0.05, 0) is 54.3 Å². The third-order valence-electron chi connectivity index (χ3n) is 3.92. The van der Waals surface area contributed by atoms with Crippen molar-refractivity contribution in [3.63, 3.8) is 0 Å². The molecule has 1 amide bonds. The second-order valence-electron chi connectivity index (χ2n) is 5.70. The number of methoxy groups -OCH3 is 1. The quantitative estimate of drug-likeness (QED) is 0.666. The maximum atomic E-state index is 12.3. The molecule has 0 spiro atoms. The van der Waals surface area contributed by atoms with E-state index in [1.54, 1.807) is 31.4 Å². The number of hydrogen-bond acceptors (Lipinski definition) is 2. The van der Waals surface area contributed by atoms with Crippen molar-refractivity contribution in [1.29, 1.82) is 0 Å². The van der Waals surface area contributed by atoms with E-state index in [1.165, 1.54) is 6.08 Å². The highest BCUT2D eigenvalue weighted by atomic mass is 35.5. The van der Waals surface area contributed by atoms with E-state index in [0.29, 0.717) is 10.0 Å². The largest absolute Gasteiger partial charge is 0.496 e. The third-order valence-corrected chi connectivity index (χ3v) is 4.49. The topological polar surface area (TPSA) is 38.3 Å². The molecule has 0 fully saturated rings. The molecule has 5 heteroatoms. The van der Waals surface area contributed by atoms with Crippen LogP contribution in [0.15, 0.2) is 42.5 Å². The first-order valence-corrected chi connectivity index (χ1v) is 8.78. The van der Waals surface area contributed by atoms with Crippen LogP contribution in [0.1, 0.15) is 36.1 Å². The van der Waals surface area contributed by atoms with Crippen molar-refractivity contribution < 1.29 is 9.53 Å². The van der Waals surface area contributed by atoms with Gasteiger partial charge in [0.25, 0.3) is 0 Å². The van der Waals surface area contributed by atoms with Gasteiger partial charge in [0.15, 0.2) is 0 Å². The van der Waals surface area contributed by atoms with Crippen LogP contribution < -0.4 is 10.1 Å². The number of ether oxygens (including phenoxy) is 1. The predicted molar refractivity (Wildman–Crippen MR) is 104 cm³/mol. The molecule has 3 nitrogen and oxygen atoms in total. The van der Waals surface area contributed by atoms with Gasteiger partial charge in [-0.3, -0.25) is 4.79 Å². The number of benzene rings is 2. The van der Waals surface area contributed by atoms with Crippen LogP contribution in [0.4, 0.5) is 0 Å². The summed E-state index contributed by atoms with van der Waals surface area (Å²) in [7, 11) is 1.65. The molecule has 0 heterocycles. The van der Waals surface area contributed by atoms with E-state index < -0.39 is 0 Å². The van der Waals surface area contributed by atoms with Gasteiger partial charge in [0.05, 0.1) is 13.2 Å². The zero-order valence-corrected chi connectivity index (χ0v) is 16.0. The Balaban J connectivity index is 2.09. The van der Waals surface area contributed by atoms with Gasteiger partial charge >= 0.3 is 0 Å². The molecule has 132 valence electrons. The van der Waals surface area contributed by atoms with E-state index in [2.05, 4.69) is 5.32 Å². The summed E-state index contributed by atoms with van der Waals surface area (Å²) < 4.78 is 5.28. The van der Waals surface area contributed by atoms with Crippen LogP contribution in [0.2, 0.25) is 10.0 Å². The minimum Gasteiger partial charge on any atom is -0.496 e. The summed E-state index contributed by atoms with van der Waals surface area (Å²) in [4.78, 5) is 12.3. The average molecular weight is 378 g/mol. The lowest BCUT2D eigenvalue weighted by atomic mass is 10.0. The highest BCUT2D eigenvalue weighted by Crippen LogP contribution is 2.25. The molecule has 0 aliphatic heterocycles. The maximum Gasteiger partial charge on any atom is 0.244 e. The lowest BCUT2D eigenvalue weighted by Gasteiger charge is -2.18. The van der Waals surface area contributed by atoms with Gasteiger partial charge in [-0.25, -0.2) is 0 Å². The number of carbonyl (C=O) groups excluding carboxylic acids is 1. The number of nitrogens with one attached hydrogen (secondary N) is 1. The van der Waals surface area contributed by atoms with Crippen LogP contribution in [-0.4, -0.2) is 13.0 Å². The van der Waals surface area contributed by atoms with Gasteiger partial charge in [-0.2, -0.15) is 0 Å². The van der Waals surface area contributed by atoms with Gasteiger partial charge in [0.2, 0.25) is 5.91 Å². The summed E-state index contributed by atoms with van der Waals surface area (Å²) in [6.45, 7) is 4.02. The van der Waals surface area contributed by atoms with Gasteiger partial charge in [0.1, 0.15) is 5.75 Å². The number of aryl methyl sites for hydroxylation is 1. The number of hydrogen-bond donors (Lipinski definition) is 1. The molecule has 2 aromatic rings. The second-order valence-corrected chi connectivity index (χ2v) is 6.54. The molecule has 25 heavy (non-hydrogen) atoms. The van der Waals surface area contributed by atoms with Crippen LogP contribution in [-0.2, 0) is 4.79 Å². The van der Waals surface area contributed by atoms with Crippen LogP contribution in [0, 0.1) is 6.92 Å². The monoisotopic (exact) mass is 377 g/mol. The molecule has 0 saturated carbocycles. The summed E-state index contributed by atoms with van der Waals surface area (Å²) in [6.07, 6.45) is 3.95. The molecule has 1 N–H and O–H groups in total. The van der Waals surface area contributed by atoms with Crippen molar-refractivity contribution in [2.24, 2.45) is 0 Å². The first kappa shape index (κ1) is 19.4. The Labute approximate surface area is 158 Å². The Morgan fingerprint density at radius 1 is 1.24 bits per heavy atom. The number of carbonyl (C=O) groups is 1. The fraction of sp³-hybridized carbons (Fsp3) is 0.250. The van der Waals surface area contributed by atoms with E-state index in [-0.39, 0.29) is 11.9 Å². The summed E-state index contributed by atoms with van der Waals surface area (Å²) in [5.41, 5.74) is 2.83. The smallest absolute Gasteiger partial charge is 0.244 e. The minimum absolute atomic E-state index is 0.0672. The fourth-order valence-corrected chi connectivity index (χ4v) is 3.03. The molecule has 0 aromatic heterocycles. The SMILES string of the molecule is CC[C@@H](NC(=O)/C=C/c1ccc(Cl)cc1Cl)c1ccc(OC)c(C)c1. The van der Waals surface area contributed by atoms with E-state index in [1.807, 2.05) is 32.0 Å². The normalized spacial score (nSPS) is 12.2. The van der Waals surface area contributed by atoms with Crippen molar-refractivity contribution in [3.05, 3.63) is 69.2 Å². The van der Waals surface area contributed by atoms with Crippen molar-refractivity contribution in [2.75, 3.05) is 7.11 Å². The summed E-state index contributed by atoms with van der Waals surface area (Å²) >= 11 is 12.0. The van der Waals surface area contributed by atoms with Gasteiger partial charge in [0, 0.05) is 16.1 Å². The van der Waals surface area contributed by atoms with Crippen molar-refractivity contribution in [2.45, 2.75) is 26.3 Å². The Kier molecular flexibility index (Phi) is 6.91. The molecular weight excluding hydrogens is 357 g/mol. The zero-order valence-electron chi connectivity index (χ0n) is 14.5. The Hall–Kier alpha value is -1.97. The third kappa shape index (κ3) is 5.25. The summed E-state index contributed by atoms with van der Waals surface area (Å²) in [6, 6.07) is 11.0. The lowest BCUT2D eigenvalue weighted by molar-refractivity contribution is -0.117. The van der Waals surface area contributed by atoms with E-state index in [9.17, 15) is 4.79 Å². The van der Waals surface area contributed by atoms with Crippen LogP contribution in [0.25, 0.3) is 6.08 Å². The lowest BCUT2D eigenvalue weighted by Crippen LogP contribution is -2.26. The molecule has 0 aliphatic rings. The van der Waals surface area contributed by atoms with Crippen molar-refractivity contribution >= 4 is 35.2 Å². The molecule has 0 bridgehead atoms. The molecule has 0 aliphatic carbocycles. The minimum atomic E-state index is -0.175. The van der Waals surface area contributed by atoms with Gasteiger partial charge < -0.3 is 10.1 Å². The standard InChI is InChI=1S/C20H21Cl2NO2/c1-4-18(15-6-9-19(25-3)13(2)11-15)23-20(24)10-7-14-5-8-16(21)12-17(14)22/h5-12,18H,4H2,1-3H3,(H,23,24)/b10-7+/t18-/m1/s1. The fourth-order valence-electron chi connectivity index (χ4n) is 2.56. The molecule has 2 rings (SSSR count). The van der Waals surface area contributed by atoms with Gasteiger partial charge in [-0.1, -0.05) is 48.3 Å². The molecule has 0 saturated heterocycles. The van der Waals surface area contributed by atoms with Crippen LogP contribution >= 0.6 is 23.2 Å². The molecule has 0 unspecified atom stereocenters. The zero-order chi connectivity index (χ0) is 18.4. The molecule has 0 radical (unpaired) electrons. The second kappa shape index (κ2) is 8.93. The first-order chi connectivity index (χ1) is 11.9. The van der Waals surface area contributed by atoms with E-state index in [0.717, 1.165) is 28.9 Å². The first-order valence-electron chi connectivity index (χ1n) is 8.02. The Bertz CT molecular complexity index is 787. The number of amides is 1. The average Bonchev–Trinajstić information content (AvgIpc) is 2.58. The Morgan fingerprint density at radius 3 is 2.60 bits per heavy atom. The van der Waals surface area contributed by atoms with Crippen LogP contribution in [0.5, 0.6) is 5.75 Å². The molecular formula is C20H21Cl2NO2. The number of halogens is 2. The summed E-state index contributed by atoms with van der Waals surface area (Å²) in [5.74, 6) is 0.661. The number of rotatable bonds is 6. The van der Waals surface area contributed by atoms with E-state index in [4.69, 9.17) is 27.9 Å².